The second-order valence-corrected chi connectivity index (χ2v) is 6.29. The van der Waals surface area contributed by atoms with Gasteiger partial charge in [-0.25, -0.2) is 4.79 Å². The Labute approximate surface area is 161 Å². The first-order valence-electron chi connectivity index (χ1n) is 8.51. The zero-order valence-electron chi connectivity index (χ0n) is 15.6. The van der Waals surface area contributed by atoms with Crippen LogP contribution in [0.5, 0.6) is 0 Å². The number of rotatable bonds is 5. The summed E-state index contributed by atoms with van der Waals surface area (Å²) in [5, 5.41) is 2.73. The van der Waals surface area contributed by atoms with E-state index >= 15 is 0 Å². The van der Waals surface area contributed by atoms with E-state index in [1.54, 1.807) is 0 Å². The highest BCUT2D eigenvalue weighted by atomic mass is 19.4. The van der Waals surface area contributed by atoms with E-state index in [1.165, 1.54) is 25.1 Å². The van der Waals surface area contributed by atoms with E-state index in [0.717, 1.165) is 29.3 Å². The number of anilines is 1. The van der Waals surface area contributed by atoms with Crippen molar-refractivity contribution in [3.05, 3.63) is 70.8 Å². The number of nitrogens with one attached hydrogen (secondary N) is 1. The molecule has 0 aliphatic carbocycles. The number of carbonyl (C=O) groups excluding carboxylic acids is 2. The lowest BCUT2D eigenvalue weighted by atomic mass is 10.1. The van der Waals surface area contributed by atoms with Crippen molar-refractivity contribution in [2.24, 2.45) is 0 Å². The van der Waals surface area contributed by atoms with Crippen LogP contribution in [-0.2, 0) is 20.5 Å². The van der Waals surface area contributed by atoms with E-state index in [9.17, 15) is 22.8 Å². The van der Waals surface area contributed by atoms with Gasteiger partial charge in [0, 0.05) is 11.8 Å². The molecule has 0 aromatic heterocycles. The SMILES string of the molecule is Cc1cccc(C)c1NC(=O)[C@H](C)OC(=O)/C=C/c1ccc(C(F)(F)F)cc1. The van der Waals surface area contributed by atoms with Crippen LogP contribution in [0.1, 0.15) is 29.2 Å². The number of para-hydroxylation sites is 1. The topological polar surface area (TPSA) is 55.4 Å². The predicted octanol–water partition coefficient (Wildman–Crippen LogP) is 4.91. The Balaban J connectivity index is 1.94. The van der Waals surface area contributed by atoms with Crippen molar-refractivity contribution < 1.29 is 27.5 Å². The molecule has 0 saturated carbocycles. The summed E-state index contributed by atoms with van der Waals surface area (Å²) in [6.45, 7) is 5.14. The molecule has 0 aliphatic rings. The molecule has 2 rings (SSSR count). The lowest BCUT2D eigenvalue weighted by Gasteiger charge is -2.15. The molecule has 0 heterocycles. The molecule has 0 spiro atoms. The molecule has 2 aromatic rings. The summed E-state index contributed by atoms with van der Waals surface area (Å²) in [6.07, 6.45) is -3.08. The minimum Gasteiger partial charge on any atom is -0.449 e. The molecule has 0 fully saturated rings. The molecule has 0 aliphatic heterocycles. The number of amides is 1. The Hall–Kier alpha value is -3.09. The van der Waals surface area contributed by atoms with Crippen LogP contribution in [0.4, 0.5) is 18.9 Å². The number of halogens is 3. The minimum atomic E-state index is -4.42. The van der Waals surface area contributed by atoms with Crippen LogP contribution in [0.15, 0.2) is 48.5 Å². The van der Waals surface area contributed by atoms with Crippen molar-refractivity contribution in [1.29, 1.82) is 0 Å². The van der Waals surface area contributed by atoms with Crippen LogP contribution in [-0.4, -0.2) is 18.0 Å². The van der Waals surface area contributed by atoms with E-state index < -0.39 is 29.7 Å². The summed E-state index contributed by atoms with van der Waals surface area (Å²) in [7, 11) is 0. The van der Waals surface area contributed by atoms with Gasteiger partial charge in [0.05, 0.1) is 5.56 Å². The Kier molecular flexibility index (Phi) is 6.62. The number of ether oxygens (including phenoxy) is 1. The first-order chi connectivity index (χ1) is 13.1. The number of alkyl halides is 3. The monoisotopic (exact) mass is 391 g/mol. The molecule has 148 valence electrons. The number of hydrogen-bond acceptors (Lipinski definition) is 3. The Morgan fingerprint density at radius 3 is 2.14 bits per heavy atom. The maximum atomic E-state index is 12.5. The lowest BCUT2D eigenvalue weighted by Crippen LogP contribution is -2.30. The van der Waals surface area contributed by atoms with E-state index in [2.05, 4.69) is 5.32 Å². The Morgan fingerprint density at radius 1 is 1.04 bits per heavy atom. The third-order valence-electron chi connectivity index (χ3n) is 4.04. The molecule has 4 nitrogen and oxygen atoms in total. The summed E-state index contributed by atoms with van der Waals surface area (Å²) in [5.74, 6) is -1.25. The Morgan fingerprint density at radius 2 is 1.61 bits per heavy atom. The number of aryl methyl sites for hydroxylation is 2. The van der Waals surface area contributed by atoms with Crippen molar-refractivity contribution in [2.75, 3.05) is 5.32 Å². The van der Waals surface area contributed by atoms with Gasteiger partial charge in [0.15, 0.2) is 6.10 Å². The van der Waals surface area contributed by atoms with Crippen LogP contribution in [0.25, 0.3) is 6.08 Å². The van der Waals surface area contributed by atoms with Crippen molar-refractivity contribution in [3.63, 3.8) is 0 Å². The maximum absolute atomic E-state index is 12.5. The largest absolute Gasteiger partial charge is 0.449 e. The van der Waals surface area contributed by atoms with E-state index in [1.807, 2.05) is 32.0 Å². The summed E-state index contributed by atoms with van der Waals surface area (Å²) < 4.78 is 42.6. The minimum absolute atomic E-state index is 0.401. The maximum Gasteiger partial charge on any atom is 0.416 e. The quantitative estimate of drug-likeness (QED) is 0.582. The summed E-state index contributed by atoms with van der Waals surface area (Å²) >= 11 is 0. The summed E-state index contributed by atoms with van der Waals surface area (Å²) in [6, 6.07) is 9.90. The van der Waals surface area contributed by atoms with Crippen molar-refractivity contribution >= 4 is 23.6 Å². The van der Waals surface area contributed by atoms with Crippen molar-refractivity contribution in [1.82, 2.24) is 0 Å². The van der Waals surface area contributed by atoms with Crippen molar-refractivity contribution in [2.45, 2.75) is 33.1 Å². The second-order valence-electron chi connectivity index (χ2n) is 6.29. The number of esters is 1. The highest BCUT2D eigenvalue weighted by Crippen LogP contribution is 2.29. The van der Waals surface area contributed by atoms with E-state index in [0.29, 0.717) is 11.3 Å². The van der Waals surface area contributed by atoms with Crippen LogP contribution in [0, 0.1) is 13.8 Å². The summed E-state index contributed by atoms with van der Waals surface area (Å²) in [5.41, 5.74) is 2.06. The lowest BCUT2D eigenvalue weighted by molar-refractivity contribution is -0.148. The van der Waals surface area contributed by atoms with Gasteiger partial charge in [-0.3, -0.25) is 4.79 Å². The number of benzene rings is 2. The zero-order valence-corrected chi connectivity index (χ0v) is 15.6. The third kappa shape index (κ3) is 5.70. The molecular formula is C21H20F3NO3. The zero-order chi connectivity index (χ0) is 20.9. The van der Waals surface area contributed by atoms with Crippen LogP contribution < -0.4 is 5.32 Å². The highest BCUT2D eigenvalue weighted by Gasteiger charge is 2.29. The second kappa shape index (κ2) is 8.73. The van der Waals surface area contributed by atoms with Gasteiger partial charge in [0.2, 0.25) is 0 Å². The third-order valence-corrected chi connectivity index (χ3v) is 4.04. The number of carbonyl (C=O) groups is 2. The fourth-order valence-electron chi connectivity index (χ4n) is 2.45. The van der Waals surface area contributed by atoms with Gasteiger partial charge in [-0.2, -0.15) is 13.2 Å². The fourth-order valence-corrected chi connectivity index (χ4v) is 2.45. The normalized spacial score (nSPS) is 12.6. The first-order valence-corrected chi connectivity index (χ1v) is 8.51. The molecule has 1 amide bonds. The standard InChI is InChI=1S/C21H20F3NO3/c1-13-5-4-6-14(2)19(13)25-20(27)15(3)28-18(26)12-9-16-7-10-17(11-8-16)21(22,23)24/h4-12,15H,1-3H3,(H,25,27)/b12-9+/t15-/m0/s1. The van der Waals surface area contributed by atoms with E-state index in [4.69, 9.17) is 4.74 Å². The van der Waals surface area contributed by atoms with Crippen LogP contribution in [0.2, 0.25) is 0 Å². The van der Waals surface area contributed by atoms with Crippen LogP contribution >= 0.6 is 0 Å². The first kappa shape index (κ1) is 21.2. The average molecular weight is 391 g/mol. The van der Waals surface area contributed by atoms with Crippen LogP contribution in [0.3, 0.4) is 0 Å². The molecule has 0 bridgehead atoms. The molecule has 0 unspecified atom stereocenters. The number of hydrogen-bond donors (Lipinski definition) is 1. The molecule has 1 atom stereocenters. The van der Waals surface area contributed by atoms with Gasteiger partial charge in [-0.15, -0.1) is 0 Å². The molecule has 0 radical (unpaired) electrons. The molecule has 2 aromatic carbocycles. The van der Waals surface area contributed by atoms with Gasteiger partial charge in [-0.1, -0.05) is 30.3 Å². The van der Waals surface area contributed by atoms with Gasteiger partial charge in [0.25, 0.3) is 5.91 Å². The highest BCUT2D eigenvalue weighted by molar-refractivity contribution is 5.97. The smallest absolute Gasteiger partial charge is 0.416 e. The predicted molar refractivity (Wildman–Crippen MR) is 101 cm³/mol. The fraction of sp³-hybridized carbons (Fsp3) is 0.238. The molecule has 28 heavy (non-hydrogen) atoms. The van der Waals surface area contributed by atoms with Gasteiger partial charge in [-0.05, 0) is 55.7 Å². The van der Waals surface area contributed by atoms with E-state index in [-0.39, 0.29) is 0 Å². The Bertz CT molecular complexity index is 867. The molecule has 0 saturated heterocycles. The molecule has 7 heteroatoms. The summed E-state index contributed by atoms with van der Waals surface area (Å²) in [4.78, 5) is 24.1. The molecule has 1 N–H and O–H groups in total. The van der Waals surface area contributed by atoms with Gasteiger partial charge in [0.1, 0.15) is 0 Å². The molecular weight excluding hydrogens is 371 g/mol. The van der Waals surface area contributed by atoms with Gasteiger partial charge >= 0.3 is 12.1 Å². The van der Waals surface area contributed by atoms with Crippen molar-refractivity contribution in [3.8, 4) is 0 Å². The van der Waals surface area contributed by atoms with Gasteiger partial charge < -0.3 is 10.1 Å². The average Bonchev–Trinajstić information content (AvgIpc) is 2.62.